The van der Waals surface area contributed by atoms with Gasteiger partial charge in [0, 0.05) is 6.92 Å². The molecule has 1 amide bonds. The average Bonchev–Trinajstić information content (AvgIpc) is 1.21. The van der Waals surface area contributed by atoms with Gasteiger partial charge in [-0.25, -0.2) is 4.72 Å². The minimum absolute atomic E-state index is 0. The SMILES string of the molecule is CC(=O)NS(=O)(=O)O.[H-].[K+]. The Bertz CT molecular complexity index is 189. The maximum Gasteiger partial charge on any atom is 1.00 e. The van der Waals surface area contributed by atoms with Gasteiger partial charge >= 0.3 is 61.7 Å². The van der Waals surface area contributed by atoms with Crippen LogP contribution in [0.25, 0.3) is 0 Å². The van der Waals surface area contributed by atoms with E-state index in [2.05, 4.69) is 0 Å². The largest absolute Gasteiger partial charge is 1.00 e. The smallest absolute Gasteiger partial charge is 1.00 e. The van der Waals surface area contributed by atoms with Crippen molar-refractivity contribution in [1.29, 1.82) is 0 Å². The maximum atomic E-state index is 9.81. The van der Waals surface area contributed by atoms with Crippen LogP contribution in [0.5, 0.6) is 0 Å². The molecule has 0 aliphatic heterocycles. The van der Waals surface area contributed by atoms with Crippen molar-refractivity contribution >= 4 is 16.2 Å². The van der Waals surface area contributed by atoms with Gasteiger partial charge in [0.1, 0.15) is 0 Å². The Labute approximate surface area is 97.0 Å². The molecule has 0 saturated heterocycles. The Kier molecular flexibility index (Phi) is 6.72. The molecule has 0 aromatic rings. The zero-order chi connectivity index (χ0) is 6.78. The Balaban J connectivity index is -0.000000245. The molecular weight excluding hydrogens is 173 g/mol. The first-order valence-electron chi connectivity index (χ1n) is 1.67. The molecule has 0 radical (unpaired) electrons. The first-order valence-corrected chi connectivity index (χ1v) is 3.11. The van der Waals surface area contributed by atoms with Crippen molar-refractivity contribution in [2.75, 3.05) is 0 Å². The van der Waals surface area contributed by atoms with Crippen molar-refractivity contribution in [3.63, 3.8) is 0 Å². The molecule has 0 saturated carbocycles. The summed E-state index contributed by atoms with van der Waals surface area (Å²) < 4.78 is 28.4. The van der Waals surface area contributed by atoms with Crippen LogP contribution < -0.4 is 56.1 Å². The second kappa shape index (κ2) is 4.77. The normalized spacial score (nSPS) is 9.56. The number of nitrogens with one attached hydrogen (secondary N) is 1. The fourth-order valence-corrected chi connectivity index (χ4v) is 0.545. The van der Waals surface area contributed by atoms with Crippen molar-refractivity contribution in [2.24, 2.45) is 0 Å². The van der Waals surface area contributed by atoms with Gasteiger partial charge in [-0.05, 0) is 0 Å². The van der Waals surface area contributed by atoms with Crippen LogP contribution in [0.3, 0.4) is 0 Å². The molecule has 50 valence electrons. The second-order valence-corrected chi connectivity index (χ2v) is 2.29. The predicted octanol–water partition coefficient (Wildman–Crippen LogP) is -3.96. The van der Waals surface area contributed by atoms with Gasteiger partial charge in [0.2, 0.25) is 5.91 Å². The summed E-state index contributed by atoms with van der Waals surface area (Å²) in [6, 6.07) is 0. The van der Waals surface area contributed by atoms with Crippen LogP contribution in [0.15, 0.2) is 0 Å². The molecule has 9 heavy (non-hydrogen) atoms. The topological polar surface area (TPSA) is 83.5 Å². The maximum absolute atomic E-state index is 9.81. The fourth-order valence-electron chi connectivity index (χ4n) is 0.182. The average molecular weight is 179 g/mol. The van der Waals surface area contributed by atoms with Crippen molar-refractivity contribution in [3.05, 3.63) is 0 Å². The summed E-state index contributed by atoms with van der Waals surface area (Å²) in [6.45, 7) is 0.980. The summed E-state index contributed by atoms with van der Waals surface area (Å²) in [5.74, 6) is -0.812. The first-order chi connectivity index (χ1) is 3.42. The number of amides is 1. The van der Waals surface area contributed by atoms with Crippen molar-refractivity contribution in [3.8, 4) is 0 Å². The number of hydrogen-bond donors (Lipinski definition) is 2. The number of rotatable bonds is 1. The molecule has 0 spiro atoms. The number of carbonyl (C=O) groups excluding carboxylic acids is 1. The van der Waals surface area contributed by atoms with Crippen LogP contribution in [-0.2, 0) is 15.1 Å². The van der Waals surface area contributed by atoms with Gasteiger partial charge in [0.25, 0.3) is 0 Å². The van der Waals surface area contributed by atoms with Crippen molar-refractivity contribution < 1.29 is 70.6 Å². The van der Waals surface area contributed by atoms with Crippen LogP contribution in [0.4, 0.5) is 0 Å². The molecular formula is C2H6KNO4S. The summed E-state index contributed by atoms with van der Waals surface area (Å²) >= 11 is 0. The van der Waals surface area contributed by atoms with Crippen LogP contribution in [-0.4, -0.2) is 18.9 Å². The molecule has 0 bridgehead atoms. The van der Waals surface area contributed by atoms with Crippen LogP contribution in [0, 0.1) is 0 Å². The molecule has 0 aliphatic carbocycles. The van der Waals surface area contributed by atoms with Gasteiger partial charge < -0.3 is 1.43 Å². The van der Waals surface area contributed by atoms with Crippen LogP contribution in [0.1, 0.15) is 8.35 Å². The summed E-state index contributed by atoms with van der Waals surface area (Å²) in [5, 5.41) is 0. The second-order valence-electron chi connectivity index (χ2n) is 1.13. The summed E-state index contributed by atoms with van der Waals surface area (Å²) in [4.78, 5) is 9.81. The van der Waals surface area contributed by atoms with Crippen molar-refractivity contribution in [2.45, 2.75) is 6.92 Å². The summed E-state index contributed by atoms with van der Waals surface area (Å²) in [6.07, 6.45) is 0. The minimum Gasteiger partial charge on any atom is -1.00 e. The van der Waals surface area contributed by atoms with Crippen LogP contribution in [0.2, 0.25) is 0 Å². The van der Waals surface area contributed by atoms with Gasteiger partial charge in [0.15, 0.2) is 0 Å². The zero-order valence-corrected chi connectivity index (χ0v) is 9.02. The third-order valence-corrected chi connectivity index (χ3v) is 0.818. The molecule has 0 rings (SSSR count). The molecule has 5 nitrogen and oxygen atoms in total. The molecule has 0 fully saturated rings. The van der Waals surface area contributed by atoms with Gasteiger partial charge in [-0.2, -0.15) is 8.42 Å². The van der Waals surface area contributed by atoms with E-state index < -0.39 is 16.2 Å². The number of hydrogen-bond acceptors (Lipinski definition) is 3. The minimum atomic E-state index is -4.32. The Hall–Kier alpha value is 1.02. The van der Waals surface area contributed by atoms with E-state index in [-0.39, 0.29) is 52.8 Å². The molecule has 0 aromatic carbocycles. The zero-order valence-electron chi connectivity index (χ0n) is 6.08. The molecule has 2 N–H and O–H groups in total. The Morgan fingerprint density at radius 1 is 1.67 bits per heavy atom. The quantitative estimate of drug-likeness (QED) is 0.318. The Morgan fingerprint density at radius 2 is 2.00 bits per heavy atom. The van der Waals surface area contributed by atoms with E-state index in [4.69, 9.17) is 4.55 Å². The van der Waals surface area contributed by atoms with E-state index in [1.54, 1.807) is 0 Å². The van der Waals surface area contributed by atoms with E-state index in [1.165, 1.54) is 4.72 Å². The fraction of sp³-hybridized carbons (Fsp3) is 0.500. The van der Waals surface area contributed by atoms with Gasteiger partial charge in [-0.1, -0.05) is 0 Å². The first kappa shape index (κ1) is 12.7. The molecule has 0 aromatic heterocycles. The third-order valence-electron chi connectivity index (χ3n) is 0.273. The standard InChI is InChI=1S/C2H5NO4S.K.H/c1-2(4)3-8(5,6)7;;/h1H3,(H,3,4)(H,5,6,7);;/q;+1;-1. The van der Waals surface area contributed by atoms with E-state index in [1.807, 2.05) is 0 Å². The summed E-state index contributed by atoms with van der Waals surface area (Å²) in [5.41, 5.74) is 0. The monoisotopic (exact) mass is 179 g/mol. The predicted molar refractivity (Wildman–Crippen MR) is 26.5 cm³/mol. The molecule has 0 unspecified atom stereocenters. The van der Waals surface area contributed by atoms with Gasteiger partial charge in [-0.3, -0.25) is 9.35 Å². The molecule has 7 heteroatoms. The summed E-state index contributed by atoms with van der Waals surface area (Å²) in [7, 11) is -4.32. The van der Waals surface area contributed by atoms with E-state index in [0.717, 1.165) is 6.92 Å². The molecule has 0 aliphatic rings. The van der Waals surface area contributed by atoms with E-state index >= 15 is 0 Å². The third kappa shape index (κ3) is 12.3. The van der Waals surface area contributed by atoms with E-state index in [9.17, 15) is 13.2 Å². The van der Waals surface area contributed by atoms with Crippen LogP contribution >= 0.6 is 0 Å². The molecule has 0 heterocycles. The Morgan fingerprint density at radius 3 is 2.00 bits per heavy atom. The molecule has 0 atom stereocenters. The van der Waals surface area contributed by atoms with Gasteiger partial charge in [-0.15, -0.1) is 0 Å². The van der Waals surface area contributed by atoms with Gasteiger partial charge in [0.05, 0.1) is 0 Å². The number of carbonyl (C=O) groups is 1. The van der Waals surface area contributed by atoms with Crippen molar-refractivity contribution in [1.82, 2.24) is 4.72 Å². The van der Waals surface area contributed by atoms with E-state index in [0.29, 0.717) is 0 Å².